The molecular formula is C45H83NO6. The Kier molecular flexibility index (Phi) is 36.2. The molecule has 1 heterocycles. The molecule has 0 N–H and O–H groups in total. The Bertz CT molecular complexity index is 784. The van der Waals surface area contributed by atoms with Gasteiger partial charge in [0.05, 0.1) is 0 Å². The highest BCUT2D eigenvalue weighted by atomic mass is 16.7. The Morgan fingerprint density at radius 2 is 0.962 bits per heavy atom. The van der Waals surface area contributed by atoms with Crippen LogP contribution in [0.15, 0.2) is 24.3 Å². The zero-order valence-corrected chi connectivity index (χ0v) is 34.2. The first-order valence-electron chi connectivity index (χ1n) is 22.2. The molecule has 1 aliphatic rings. The molecule has 1 rings (SSSR count). The third kappa shape index (κ3) is 34.1. The smallest absolute Gasteiger partial charge is 0.306 e. The van der Waals surface area contributed by atoms with Gasteiger partial charge in [0.15, 0.2) is 6.29 Å². The first kappa shape index (κ1) is 48.3. The molecule has 0 atom stereocenters. The summed E-state index contributed by atoms with van der Waals surface area (Å²) in [5.74, 6) is -0.145. The number of allylic oxidation sites excluding steroid dienone is 2. The van der Waals surface area contributed by atoms with E-state index in [0.29, 0.717) is 26.1 Å². The highest BCUT2D eigenvalue weighted by molar-refractivity contribution is 5.69. The Balaban J connectivity index is 2.07. The van der Waals surface area contributed by atoms with E-state index in [9.17, 15) is 9.59 Å². The van der Waals surface area contributed by atoms with Gasteiger partial charge in [0.1, 0.15) is 13.2 Å². The van der Waals surface area contributed by atoms with E-state index in [4.69, 9.17) is 18.9 Å². The van der Waals surface area contributed by atoms with Crippen LogP contribution in [0.3, 0.4) is 0 Å². The Morgan fingerprint density at radius 3 is 1.44 bits per heavy atom. The summed E-state index contributed by atoms with van der Waals surface area (Å²) in [5.41, 5.74) is 0. The molecule has 304 valence electrons. The van der Waals surface area contributed by atoms with Crippen molar-refractivity contribution >= 4 is 11.9 Å². The van der Waals surface area contributed by atoms with Crippen molar-refractivity contribution in [3.8, 4) is 0 Å². The van der Waals surface area contributed by atoms with Gasteiger partial charge < -0.3 is 23.8 Å². The number of nitrogens with zero attached hydrogens (tertiary/aromatic N) is 1. The van der Waals surface area contributed by atoms with Gasteiger partial charge in [0, 0.05) is 26.1 Å². The molecule has 52 heavy (non-hydrogen) atoms. The standard InChI is InChI=1S/C45H83NO6/c1-3-5-7-9-13-19-29-39-49-43(47)33-23-17-11-15-21-31-41-51-45(35-25-26-36-46-37-27-28-38-46)52-42-32-22-16-12-18-24-34-44(48)50-40-30-20-14-10-8-6-4-2/h19-20,29-30,45H,3-18,21-28,31-42H2,1-2H3. The quantitative estimate of drug-likeness (QED) is 0.0269. The summed E-state index contributed by atoms with van der Waals surface area (Å²) in [4.78, 5) is 26.5. The van der Waals surface area contributed by atoms with E-state index in [1.165, 1.54) is 103 Å². The highest BCUT2D eigenvalue weighted by Crippen LogP contribution is 2.15. The second-order valence-corrected chi connectivity index (χ2v) is 15.0. The summed E-state index contributed by atoms with van der Waals surface area (Å²) in [7, 11) is 0. The van der Waals surface area contributed by atoms with Crippen molar-refractivity contribution in [2.24, 2.45) is 0 Å². The summed E-state index contributed by atoms with van der Waals surface area (Å²) >= 11 is 0. The number of carbonyl (C=O) groups excluding carboxylic acids is 2. The fraction of sp³-hybridized carbons (Fsp3) is 0.867. The van der Waals surface area contributed by atoms with E-state index >= 15 is 0 Å². The first-order chi connectivity index (χ1) is 25.7. The van der Waals surface area contributed by atoms with Gasteiger partial charge in [0.25, 0.3) is 0 Å². The first-order valence-corrected chi connectivity index (χ1v) is 22.2. The van der Waals surface area contributed by atoms with Gasteiger partial charge in [-0.1, -0.05) is 128 Å². The number of likely N-dealkylation sites (tertiary alicyclic amines) is 1. The molecule has 0 aromatic carbocycles. The maximum atomic E-state index is 12.0. The van der Waals surface area contributed by atoms with Gasteiger partial charge in [-0.25, -0.2) is 0 Å². The minimum absolute atomic E-state index is 0.0725. The van der Waals surface area contributed by atoms with Gasteiger partial charge in [0.2, 0.25) is 0 Å². The van der Waals surface area contributed by atoms with Crippen LogP contribution in [0.1, 0.15) is 200 Å². The van der Waals surface area contributed by atoms with E-state index in [0.717, 1.165) is 103 Å². The average molecular weight is 734 g/mol. The largest absolute Gasteiger partial charge is 0.461 e. The minimum Gasteiger partial charge on any atom is -0.461 e. The molecular weight excluding hydrogens is 650 g/mol. The van der Waals surface area contributed by atoms with Crippen LogP contribution in [0.4, 0.5) is 0 Å². The maximum absolute atomic E-state index is 12.0. The van der Waals surface area contributed by atoms with Gasteiger partial charge >= 0.3 is 11.9 Å². The van der Waals surface area contributed by atoms with Gasteiger partial charge in [-0.3, -0.25) is 9.59 Å². The molecule has 0 spiro atoms. The zero-order chi connectivity index (χ0) is 37.4. The maximum Gasteiger partial charge on any atom is 0.306 e. The number of hydrogen-bond donors (Lipinski definition) is 0. The number of carbonyl (C=O) groups is 2. The van der Waals surface area contributed by atoms with E-state index in [-0.39, 0.29) is 18.2 Å². The third-order valence-electron chi connectivity index (χ3n) is 9.98. The molecule has 0 radical (unpaired) electrons. The van der Waals surface area contributed by atoms with Crippen molar-refractivity contribution in [3.63, 3.8) is 0 Å². The molecule has 0 aromatic rings. The molecule has 1 aliphatic heterocycles. The van der Waals surface area contributed by atoms with Crippen LogP contribution in [0.5, 0.6) is 0 Å². The van der Waals surface area contributed by atoms with Gasteiger partial charge in [-0.15, -0.1) is 0 Å². The topological polar surface area (TPSA) is 74.3 Å². The summed E-state index contributed by atoms with van der Waals surface area (Å²) in [6, 6.07) is 0. The van der Waals surface area contributed by atoms with E-state index in [2.05, 4.69) is 30.9 Å². The van der Waals surface area contributed by atoms with Crippen LogP contribution in [0.2, 0.25) is 0 Å². The Hall–Kier alpha value is -1.70. The molecule has 1 saturated heterocycles. The van der Waals surface area contributed by atoms with Crippen LogP contribution in [-0.4, -0.2) is 69.2 Å². The van der Waals surface area contributed by atoms with Gasteiger partial charge in [-0.05, 0) is 103 Å². The molecule has 0 amide bonds. The molecule has 0 aromatic heterocycles. The molecule has 7 nitrogen and oxygen atoms in total. The highest BCUT2D eigenvalue weighted by Gasteiger charge is 2.13. The van der Waals surface area contributed by atoms with Crippen LogP contribution < -0.4 is 0 Å². The molecule has 0 saturated carbocycles. The van der Waals surface area contributed by atoms with Crippen molar-refractivity contribution in [2.45, 2.75) is 206 Å². The lowest BCUT2D eigenvalue weighted by Crippen LogP contribution is -2.22. The lowest BCUT2D eigenvalue weighted by atomic mass is 10.1. The second kappa shape index (κ2) is 39.0. The fourth-order valence-corrected chi connectivity index (χ4v) is 6.63. The number of hydrogen-bond acceptors (Lipinski definition) is 7. The molecule has 0 unspecified atom stereocenters. The third-order valence-corrected chi connectivity index (χ3v) is 9.98. The molecule has 0 aliphatic carbocycles. The van der Waals surface area contributed by atoms with Gasteiger partial charge in [-0.2, -0.15) is 0 Å². The van der Waals surface area contributed by atoms with Crippen molar-refractivity contribution in [2.75, 3.05) is 46.1 Å². The number of ether oxygens (including phenoxy) is 4. The van der Waals surface area contributed by atoms with Crippen molar-refractivity contribution in [1.29, 1.82) is 0 Å². The van der Waals surface area contributed by atoms with Crippen LogP contribution in [-0.2, 0) is 28.5 Å². The SMILES string of the molecule is CCCCCCC=CCOC(=O)CCCCCCCCOC(CCCCN1CCCC1)OCCCCCCCCC(=O)OCC=CCCCCCC. The predicted octanol–water partition coefficient (Wildman–Crippen LogP) is 12.2. The van der Waals surface area contributed by atoms with Crippen LogP contribution in [0.25, 0.3) is 0 Å². The average Bonchev–Trinajstić information content (AvgIpc) is 3.67. The minimum atomic E-state index is -0.0950. The Morgan fingerprint density at radius 1 is 0.519 bits per heavy atom. The van der Waals surface area contributed by atoms with Crippen LogP contribution >= 0.6 is 0 Å². The molecule has 0 bridgehead atoms. The monoisotopic (exact) mass is 734 g/mol. The van der Waals surface area contributed by atoms with Crippen LogP contribution in [0, 0.1) is 0 Å². The number of esters is 2. The van der Waals surface area contributed by atoms with E-state index < -0.39 is 0 Å². The van der Waals surface area contributed by atoms with Crippen molar-refractivity contribution in [1.82, 2.24) is 4.90 Å². The predicted molar refractivity (Wildman–Crippen MR) is 218 cm³/mol. The summed E-state index contributed by atoms with van der Waals surface area (Å²) in [5, 5.41) is 0. The van der Waals surface area contributed by atoms with Crippen molar-refractivity contribution in [3.05, 3.63) is 24.3 Å². The van der Waals surface area contributed by atoms with Crippen molar-refractivity contribution < 1.29 is 28.5 Å². The second-order valence-electron chi connectivity index (χ2n) is 15.0. The summed E-state index contributed by atoms with van der Waals surface area (Å²) < 4.78 is 23.2. The number of unbranched alkanes of at least 4 members (excludes halogenated alkanes) is 19. The fourth-order valence-electron chi connectivity index (χ4n) is 6.63. The summed E-state index contributed by atoms with van der Waals surface area (Å²) in [6.45, 7) is 10.5. The molecule has 1 fully saturated rings. The Labute approximate surface area is 321 Å². The van der Waals surface area contributed by atoms with E-state index in [1.54, 1.807) is 0 Å². The van der Waals surface area contributed by atoms with E-state index in [1.807, 2.05) is 12.2 Å². The lowest BCUT2D eigenvalue weighted by Gasteiger charge is -2.20. The lowest BCUT2D eigenvalue weighted by molar-refractivity contribution is -0.148. The summed E-state index contributed by atoms with van der Waals surface area (Å²) in [6.07, 6.45) is 40.6. The number of rotatable bonds is 39. The zero-order valence-electron chi connectivity index (χ0n) is 34.2. The molecule has 7 heteroatoms. The normalized spacial score (nSPS) is 14.2.